The fourth-order valence-corrected chi connectivity index (χ4v) is 1.36. The molecular weight excluding hydrogens is 252 g/mol. The van der Waals surface area contributed by atoms with Crippen LogP contribution in [0.25, 0.3) is 0 Å². The molecule has 0 atom stereocenters. The molecule has 0 saturated heterocycles. The van der Waals surface area contributed by atoms with E-state index in [0.29, 0.717) is 6.61 Å². The summed E-state index contributed by atoms with van der Waals surface area (Å²) < 4.78 is 10.7. The maximum absolute atomic E-state index is 10.9. The SMILES string of the molecule is Cc1nc(N)nc(OCCOC(C)(C)C)c1[N+](=O)[O-]. The fourth-order valence-electron chi connectivity index (χ4n) is 1.36. The Kier molecular flexibility index (Phi) is 4.60. The summed E-state index contributed by atoms with van der Waals surface area (Å²) in [6.07, 6.45) is 0. The normalized spacial score (nSPS) is 11.4. The first-order valence-corrected chi connectivity index (χ1v) is 5.76. The van der Waals surface area contributed by atoms with Gasteiger partial charge in [0.2, 0.25) is 5.95 Å². The maximum Gasteiger partial charge on any atom is 0.352 e. The number of nitrogens with zero attached hydrogens (tertiary/aromatic N) is 3. The van der Waals surface area contributed by atoms with E-state index < -0.39 is 4.92 Å². The van der Waals surface area contributed by atoms with E-state index in [0.717, 1.165) is 0 Å². The van der Waals surface area contributed by atoms with Crippen LogP contribution >= 0.6 is 0 Å². The van der Waals surface area contributed by atoms with Crippen LogP contribution in [0.3, 0.4) is 0 Å². The van der Waals surface area contributed by atoms with Gasteiger partial charge in [-0.15, -0.1) is 0 Å². The minimum atomic E-state index is -0.589. The molecule has 0 saturated carbocycles. The fraction of sp³-hybridized carbons (Fsp3) is 0.636. The minimum absolute atomic E-state index is 0.0603. The molecule has 0 aromatic carbocycles. The average molecular weight is 270 g/mol. The van der Waals surface area contributed by atoms with Gasteiger partial charge < -0.3 is 15.2 Å². The summed E-state index contributed by atoms with van der Waals surface area (Å²) in [4.78, 5) is 17.8. The second kappa shape index (κ2) is 5.79. The van der Waals surface area contributed by atoms with Gasteiger partial charge in [-0.3, -0.25) is 10.1 Å². The first kappa shape index (κ1) is 15.1. The number of nitro groups is 1. The molecule has 0 amide bonds. The standard InChI is InChI=1S/C11H18N4O4/c1-7-8(15(16)17)9(14-10(12)13-7)18-5-6-19-11(2,3)4/h5-6H2,1-4H3,(H2,12,13,14). The van der Waals surface area contributed by atoms with Crippen molar-refractivity contribution in [3.8, 4) is 5.88 Å². The van der Waals surface area contributed by atoms with Gasteiger partial charge in [0.25, 0.3) is 5.88 Å². The summed E-state index contributed by atoms with van der Waals surface area (Å²) in [7, 11) is 0. The Morgan fingerprint density at radius 2 is 1.95 bits per heavy atom. The quantitative estimate of drug-likeness (QED) is 0.489. The Hall–Kier alpha value is -1.96. The molecule has 1 rings (SSSR count). The number of hydrogen-bond donors (Lipinski definition) is 1. The number of anilines is 1. The van der Waals surface area contributed by atoms with Crippen LogP contribution < -0.4 is 10.5 Å². The van der Waals surface area contributed by atoms with E-state index in [2.05, 4.69) is 9.97 Å². The molecule has 1 aromatic rings. The van der Waals surface area contributed by atoms with Crippen molar-refractivity contribution in [2.45, 2.75) is 33.3 Å². The van der Waals surface area contributed by atoms with E-state index >= 15 is 0 Å². The lowest BCUT2D eigenvalue weighted by atomic mass is 10.2. The molecule has 0 radical (unpaired) electrons. The molecule has 2 N–H and O–H groups in total. The summed E-state index contributed by atoms with van der Waals surface area (Å²) in [6, 6.07) is 0. The third kappa shape index (κ3) is 4.66. The molecule has 0 aliphatic heterocycles. The van der Waals surface area contributed by atoms with E-state index in [1.165, 1.54) is 6.92 Å². The van der Waals surface area contributed by atoms with Gasteiger partial charge in [-0.05, 0) is 27.7 Å². The van der Waals surface area contributed by atoms with Crippen LogP contribution in [0.2, 0.25) is 0 Å². The molecule has 0 aliphatic rings. The van der Waals surface area contributed by atoms with Gasteiger partial charge in [0.15, 0.2) is 0 Å². The monoisotopic (exact) mass is 270 g/mol. The highest BCUT2D eigenvalue weighted by Crippen LogP contribution is 2.27. The Balaban J connectivity index is 2.75. The van der Waals surface area contributed by atoms with E-state index in [4.69, 9.17) is 15.2 Å². The lowest BCUT2D eigenvalue weighted by Crippen LogP contribution is -2.22. The highest BCUT2D eigenvalue weighted by molar-refractivity contribution is 5.47. The Labute approximate surface area is 111 Å². The van der Waals surface area contributed by atoms with E-state index in [1.807, 2.05) is 20.8 Å². The highest BCUT2D eigenvalue weighted by atomic mass is 16.6. The van der Waals surface area contributed by atoms with E-state index in [9.17, 15) is 10.1 Å². The predicted molar refractivity (Wildman–Crippen MR) is 69.0 cm³/mol. The Morgan fingerprint density at radius 1 is 1.32 bits per heavy atom. The summed E-state index contributed by atoms with van der Waals surface area (Å²) in [5.74, 6) is -0.192. The zero-order valence-corrected chi connectivity index (χ0v) is 11.5. The number of nitrogens with two attached hydrogens (primary N) is 1. The van der Waals surface area contributed by atoms with Gasteiger partial charge in [0, 0.05) is 0 Å². The van der Waals surface area contributed by atoms with Crippen LogP contribution in [0.15, 0.2) is 0 Å². The van der Waals surface area contributed by atoms with Gasteiger partial charge in [-0.25, -0.2) is 4.98 Å². The summed E-state index contributed by atoms with van der Waals surface area (Å²) >= 11 is 0. The van der Waals surface area contributed by atoms with Crippen molar-refractivity contribution in [3.63, 3.8) is 0 Å². The van der Waals surface area contributed by atoms with Gasteiger partial charge in [0.1, 0.15) is 12.3 Å². The molecule has 0 fully saturated rings. The molecule has 0 bridgehead atoms. The van der Waals surface area contributed by atoms with Crippen LogP contribution in [0.1, 0.15) is 26.5 Å². The molecule has 1 aromatic heterocycles. The molecule has 8 nitrogen and oxygen atoms in total. The molecular formula is C11H18N4O4. The smallest absolute Gasteiger partial charge is 0.352 e. The summed E-state index contributed by atoms with van der Waals surface area (Å²) in [5.41, 5.74) is 5.05. The molecule has 1 heterocycles. The molecule has 0 unspecified atom stereocenters. The number of ether oxygens (including phenoxy) is 2. The van der Waals surface area contributed by atoms with E-state index in [1.54, 1.807) is 0 Å². The van der Waals surface area contributed by atoms with Crippen LogP contribution in [-0.4, -0.2) is 33.7 Å². The number of hydrogen-bond acceptors (Lipinski definition) is 7. The Morgan fingerprint density at radius 3 is 2.47 bits per heavy atom. The molecule has 106 valence electrons. The summed E-state index contributed by atoms with van der Waals surface area (Å²) in [6.45, 7) is 7.64. The number of rotatable bonds is 5. The maximum atomic E-state index is 10.9. The van der Waals surface area contributed by atoms with Gasteiger partial charge in [0.05, 0.1) is 17.1 Å². The number of nitrogen functional groups attached to an aromatic ring is 1. The number of aromatic nitrogens is 2. The van der Waals surface area contributed by atoms with Crippen molar-refractivity contribution in [3.05, 3.63) is 15.8 Å². The number of aryl methyl sites for hydroxylation is 1. The zero-order valence-electron chi connectivity index (χ0n) is 11.5. The zero-order chi connectivity index (χ0) is 14.6. The van der Waals surface area contributed by atoms with Crippen LogP contribution in [0, 0.1) is 17.0 Å². The van der Waals surface area contributed by atoms with E-state index in [-0.39, 0.29) is 35.4 Å². The minimum Gasteiger partial charge on any atom is -0.470 e. The molecule has 8 heteroatoms. The van der Waals surface area contributed by atoms with Crippen LogP contribution in [0.4, 0.5) is 11.6 Å². The lowest BCUT2D eigenvalue weighted by molar-refractivity contribution is -0.387. The Bertz CT molecular complexity index is 470. The largest absolute Gasteiger partial charge is 0.470 e. The van der Waals surface area contributed by atoms with Crippen LogP contribution in [-0.2, 0) is 4.74 Å². The third-order valence-electron chi connectivity index (χ3n) is 2.08. The average Bonchev–Trinajstić information content (AvgIpc) is 2.21. The van der Waals surface area contributed by atoms with Gasteiger partial charge in [-0.2, -0.15) is 4.98 Å². The van der Waals surface area contributed by atoms with Crippen LogP contribution in [0.5, 0.6) is 5.88 Å². The van der Waals surface area contributed by atoms with Crippen molar-refractivity contribution < 1.29 is 14.4 Å². The van der Waals surface area contributed by atoms with Crippen molar-refractivity contribution >= 4 is 11.6 Å². The van der Waals surface area contributed by atoms with Crippen molar-refractivity contribution in [1.82, 2.24) is 9.97 Å². The molecule has 0 spiro atoms. The van der Waals surface area contributed by atoms with Crippen molar-refractivity contribution in [1.29, 1.82) is 0 Å². The molecule has 19 heavy (non-hydrogen) atoms. The van der Waals surface area contributed by atoms with Crippen molar-refractivity contribution in [2.75, 3.05) is 18.9 Å². The lowest BCUT2D eigenvalue weighted by Gasteiger charge is -2.19. The first-order valence-electron chi connectivity index (χ1n) is 5.76. The molecule has 0 aliphatic carbocycles. The first-order chi connectivity index (χ1) is 8.70. The van der Waals surface area contributed by atoms with Crippen molar-refractivity contribution in [2.24, 2.45) is 0 Å². The topological polar surface area (TPSA) is 113 Å². The second-order valence-electron chi connectivity index (χ2n) is 4.89. The third-order valence-corrected chi connectivity index (χ3v) is 2.08. The van der Waals surface area contributed by atoms with Gasteiger partial charge >= 0.3 is 5.69 Å². The second-order valence-corrected chi connectivity index (χ2v) is 4.89. The summed E-state index contributed by atoms with van der Waals surface area (Å²) in [5, 5.41) is 10.9. The highest BCUT2D eigenvalue weighted by Gasteiger charge is 2.23. The predicted octanol–water partition coefficient (Wildman–Crippen LogP) is 1.47. The van der Waals surface area contributed by atoms with Gasteiger partial charge in [-0.1, -0.05) is 0 Å².